The minimum absolute atomic E-state index is 0.240. The van der Waals surface area contributed by atoms with Crippen molar-refractivity contribution < 1.29 is 4.39 Å². The molecule has 1 aliphatic rings. The van der Waals surface area contributed by atoms with Gasteiger partial charge in [-0.3, -0.25) is 0 Å². The number of anilines is 1. The number of thiophene rings is 1. The fourth-order valence-corrected chi connectivity index (χ4v) is 6.44. The van der Waals surface area contributed by atoms with Crippen molar-refractivity contribution in [3.63, 3.8) is 0 Å². The molecule has 5 heteroatoms. The Hall–Kier alpha value is -3.41. The SMILES string of the molecule is C=C/C=C(\C(C)=C(/C)NC(=C)Cc1c(NC)ccc(C(/C=C(\C=C)CNCC2CCCC2)=C/C)c1F)c1ccc(C)s1. The van der Waals surface area contributed by atoms with E-state index in [0.29, 0.717) is 17.5 Å². The molecule has 0 aliphatic heterocycles. The van der Waals surface area contributed by atoms with Crippen molar-refractivity contribution >= 4 is 28.2 Å². The van der Waals surface area contributed by atoms with E-state index in [4.69, 9.17) is 0 Å². The second kappa shape index (κ2) is 16.3. The number of nitrogens with one attached hydrogen (secondary N) is 3. The van der Waals surface area contributed by atoms with Crippen LogP contribution in [0.3, 0.4) is 0 Å². The van der Waals surface area contributed by atoms with Crippen molar-refractivity contribution in [3.05, 3.63) is 124 Å². The minimum Gasteiger partial charge on any atom is -0.388 e. The number of aryl methyl sites for hydroxylation is 1. The van der Waals surface area contributed by atoms with Crippen molar-refractivity contribution in [2.24, 2.45) is 5.92 Å². The van der Waals surface area contributed by atoms with Crippen LogP contribution in [-0.4, -0.2) is 20.1 Å². The molecule has 0 amide bonds. The van der Waals surface area contributed by atoms with Crippen molar-refractivity contribution in [2.75, 3.05) is 25.5 Å². The van der Waals surface area contributed by atoms with Gasteiger partial charge in [0, 0.05) is 58.0 Å². The summed E-state index contributed by atoms with van der Waals surface area (Å²) < 4.78 is 16.2. The fourth-order valence-electron chi connectivity index (χ4n) is 5.49. The highest BCUT2D eigenvalue weighted by molar-refractivity contribution is 7.13. The van der Waals surface area contributed by atoms with Gasteiger partial charge in [0.2, 0.25) is 0 Å². The van der Waals surface area contributed by atoms with Crippen LogP contribution in [0.4, 0.5) is 10.1 Å². The Balaban J connectivity index is 1.81. The molecule has 1 aliphatic carbocycles. The quantitative estimate of drug-likeness (QED) is 0.182. The van der Waals surface area contributed by atoms with Gasteiger partial charge < -0.3 is 16.0 Å². The van der Waals surface area contributed by atoms with E-state index in [9.17, 15) is 0 Å². The number of allylic oxidation sites excluding steroid dienone is 9. The molecule has 3 nitrogen and oxygen atoms in total. The summed E-state index contributed by atoms with van der Waals surface area (Å²) >= 11 is 1.75. The molecule has 42 heavy (non-hydrogen) atoms. The number of rotatable bonds is 15. The van der Waals surface area contributed by atoms with Gasteiger partial charge in [-0.1, -0.05) is 63.0 Å². The minimum atomic E-state index is -0.240. The lowest BCUT2D eigenvalue weighted by Gasteiger charge is -2.19. The van der Waals surface area contributed by atoms with Crippen molar-refractivity contribution in [2.45, 2.75) is 59.8 Å². The molecule has 0 unspecified atom stereocenters. The number of benzene rings is 1. The number of hydrogen-bond acceptors (Lipinski definition) is 4. The molecule has 1 fully saturated rings. The third-order valence-corrected chi connectivity index (χ3v) is 9.02. The molecule has 2 aromatic rings. The standard InChI is InChI=1S/C37H48FN3S/c1-9-14-32(36-20-17-26(5)42-36)27(6)28(7)41-25(4)21-34-35(39-8)19-18-33(37(34)38)31(11-3)22-29(10-2)23-40-24-30-15-12-13-16-30/h9-11,14,17-20,22,30,39-41H,1-2,4,12-13,15-16,21,23-24H2,3,5-8H3/b28-27+,29-22+,31-11+,32-14+. The van der Waals surface area contributed by atoms with Crippen LogP contribution in [0.2, 0.25) is 0 Å². The highest BCUT2D eigenvalue weighted by Crippen LogP contribution is 2.32. The van der Waals surface area contributed by atoms with E-state index >= 15 is 4.39 Å². The molecule has 1 aromatic heterocycles. The maximum absolute atomic E-state index is 16.2. The predicted molar refractivity (Wildman–Crippen MR) is 184 cm³/mol. The summed E-state index contributed by atoms with van der Waals surface area (Å²) in [6, 6.07) is 8.06. The summed E-state index contributed by atoms with van der Waals surface area (Å²) in [6.45, 7) is 22.1. The zero-order valence-corrected chi connectivity index (χ0v) is 26.9. The molecule has 1 saturated carbocycles. The highest BCUT2D eigenvalue weighted by Gasteiger charge is 2.18. The van der Waals surface area contributed by atoms with Crippen molar-refractivity contribution in [3.8, 4) is 0 Å². The summed E-state index contributed by atoms with van der Waals surface area (Å²) in [6.07, 6.45) is 15.3. The van der Waals surface area contributed by atoms with Gasteiger partial charge in [0.05, 0.1) is 0 Å². The fraction of sp³-hybridized carbons (Fsp3) is 0.351. The first-order chi connectivity index (χ1) is 20.2. The maximum Gasteiger partial charge on any atom is 0.136 e. The zero-order valence-electron chi connectivity index (χ0n) is 26.1. The average molecular weight is 586 g/mol. The third-order valence-electron chi connectivity index (χ3n) is 7.99. The van der Waals surface area contributed by atoms with E-state index in [2.05, 4.69) is 61.7 Å². The van der Waals surface area contributed by atoms with E-state index < -0.39 is 0 Å². The normalized spacial score (nSPS) is 15.4. The topological polar surface area (TPSA) is 36.1 Å². The lowest BCUT2D eigenvalue weighted by atomic mass is 9.96. The van der Waals surface area contributed by atoms with Gasteiger partial charge in [0.25, 0.3) is 0 Å². The maximum atomic E-state index is 16.2. The Labute approximate surface area is 257 Å². The van der Waals surface area contributed by atoms with Gasteiger partial charge >= 0.3 is 0 Å². The zero-order chi connectivity index (χ0) is 30.6. The first-order valence-electron chi connectivity index (χ1n) is 14.9. The molecule has 0 spiro atoms. The van der Waals surface area contributed by atoms with Gasteiger partial charge in [0.15, 0.2) is 0 Å². The summed E-state index contributed by atoms with van der Waals surface area (Å²) in [5.74, 6) is 0.524. The number of hydrogen-bond donors (Lipinski definition) is 3. The summed E-state index contributed by atoms with van der Waals surface area (Å²) in [7, 11) is 1.82. The molecule has 0 saturated heterocycles. The van der Waals surface area contributed by atoms with E-state index in [0.717, 1.165) is 58.4 Å². The molecular formula is C37H48FN3S. The molecule has 224 valence electrons. The van der Waals surface area contributed by atoms with Crippen LogP contribution in [0.15, 0.2) is 96.9 Å². The van der Waals surface area contributed by atoms with E-state index in [1.54, 1.807) is 11.3 Å². The van der Waals surface area contributed by atoms with Gasteiger partial charge in [0.1, 0.15) is 5.82 Å². The van der Waals surface area contributed by atoms with Gasteiger partial charge in [-0.15, -0.1) is 11.3 Å². The van der Waals surface area contributed by atoms with Gasteiger partial charge in [-0.05, 0) is 99.6 Å². The van der Waals surface area contributed by atoms with E-state index in [1.165, 1.54) is 35.4 Å². The average Bonchev–Trinajstić information content (AvgIpc) is 3.66. The van der Waals surface area contributed by atoms with Crippen LogP contribution in [0, 0.1) is 18.7 Å². The molecule has 3 N–H and O–H groups in total. The predicted octanol–water partition coefficient (Wildman–Crippen LogP) is 9.74. The highest BCUT2D eigenvalue weighted by atomic mass is 32.1. The Bertz CT molecular complexity index is 1400. The molecule has 0 radical (unpaired) electrons. The Morgan fingerprint density at radius 3 is 2.45 bits per heavy atom. The summed E-state index contributed by atoms with van der Waals surface area (Å²) in [4.78, 5) is 2.45. The Morgan fingerprint density at radius 1 is 1.12 bits per heavy atom. The lowest BCUT2D eigenvalue weighted by molar-refractivity contribution is 0.503. The van der Waals surface area contributed by atoms with E-state index in [-0.39, 0.29) is 5.82 Å². The van der Waals surface area contributed by atoms with Crippen LogP contribution in [0.5, 0.6) is 0 Å². The summed E-state index contributed by atoms with van der Waals surface area (Å²) in [5, 5.41) is 10.2. The van der Waals surface area contributed by atoms with E-state index in [1.807, 2.05) is 63.4 Å². The molecule has 0 bridgehead atoms. The second-order valence-electron chi connectivity index (χ2n) is 11.0. The Kier molecular flexibility index (Phi) is 12.8. The largest absolute Gasteiger partial charge is 0.388 e. The van der Waals surface area contributed by atoms with Crippen LogP contribution in [-0.2, 0) is 6.42 Å². The molecule has 3 rings (SSSR count). The molecular weight excluding hydrogens is 537 g/mol. The molecule has 1 heterocycles. The monoisotopic (exact) mass is 585 g/mol. The van der Waals surface area contributed by atoms with Crippen molar-refractivity contribution in [1.82, 2.24) is 10.6 Å². The van der Waals surface area contributed by atoms with Crippen LogP contribution >= 0.6 is 11.3 Å². The van der Waals surface area contributed by atoms with Crippen LogP contribution < -0.4 is 16.0 Å². The molecule has 0 atom stereocenters. The smallest absolute Gasteiger partial charge is 0.136 e. The second-order valence-corrected chi connectivity index (χ2v) is 12.3. The Morgan fingerprint density at radius 2 is 1.86 bits per heavy atom. The third kappa shape index (κ3) is 8.80. The van der Waals surface area contributed by atoms with Crippen LogP contribution in [0.25, 0.3) is 11.1 Å². The molecule has 1 aromatic carbocycles. The van der Waals surface area contributed by atoms with Crippen LogP contribution in [0.1, 0.15) is 67.3 Å². The van der Waals surface area contributed by atoms with Crippen molar-refractivity contribution in [1.29, 1.82) is 0 Å². The van der Waals surface area contributed by atoms with Gasteiger partial charge in [-0.2, -0.15) is 0 Å². The first kappa shape index (κ1) is 33.1. The lowest BCUT2D eigenvalue weighted by Crippen LogP contribution is -2.23. The first-order valence-corrected chi connectivity index (χ1v) is 15.8. The summed E-state index contributed by atoms with van der Waals surface area (Å²) in [5.41, 5.74) is 7.70. The number of halogens is 1. The van der Waals surface area contributed by atoms with Gasteiger partial charge in [-0.25, -0.2) is 4.39 Å².